The number of nitrogens with zero attached hydrogens (tertiary/aromatic N) is 3. The lowest BCUT2D eigenvalue weighted by molar-refractivity contribution is -0.115. The third-order valence-electron chi connectivity index (χ3n) is 4.33. The molecule has 168 valence electrons. The van der Waals surface area contributed by atoms with Gasteiger partial charge in [0, 0.05) is 23.4 Å². The van der Waals surface area contributed by atoms with Crippen molar-refractivity contribution in [1.82, 2.24) is 20.1 Å². The fourth-order valence-corrected chi connectivity index (χ4v) is 3.61. The summed E-state index contributed by atoms with van der Waals surface area (Å²) in [4.78, 5) is 17.1. The number of aromatic nitrogens is 3. The van der Waals surface area contributed by atoms with Crippen molar-refractivity contribution in [2.45, 2.75) is 40.7 Å². The first-order valence-electron chi connectivity index (χ1n) is 10.4. The summed E-state index contributed by atoms with van der Waals surface area (Å²) in [5, 5.41) is 7.30. The molecule has 0 unspecified atom stereocenters. The van der Waals surface area contributed by atoms with E-state index in [1.165, 1.54) is 18.6 Å². The number of benzene rings is 1. The molecule has 0 aliphatic rings. The van der Waals surface area contributed by atoms with Crippen LogP contribution in [0.15, 0.2) is 59.9 Å². The monoisotopic (exact) mass is 498 g/mol. The van der Waals surface area contributed by atoms with E-state index in [0.717, 1.165) is 15.9 Å². The van der Waals surface area contributed by atoms with Crippen LogP contribution in [0.2, 0.25) is 0 Å². The zero-order chi connectivity index (χ0) is 23.7. The van der Waals surface area contributed by atoms with Crippen molar-refractivity contribution in [2.24, 2.45) is 0 Å². The van der Waals surface area contributed by atoms with E-state index in [1.807, 2.05) is 19.1 Å². The molecule has 0 atom stereocenters. The van der Waals surface area contributed by atoms with Gasteiger partial charge in [-0.05, 0) is 77.8 Å². The number of carbonyl (C=O) groups excluding carboxylic acids is 1. The highest BCUT2D eigenvalue weighted by molar-refractivity contribution is 9.10. The summed E-state index contributed by atoms with van der Waals surface area (Å²) in [6, 6.07) is 9.76. The van der Waals surface area contributed by atoms with E-state index in [1.54, 1.807) is 42.1 Å². The first-order valence-corrected chi connectivity index (χ1v) is 11.2. The second-order valence-electron chi connectivity index (χ2n) is 7.07. The maximum Gasteiger partial charge on any atom is 0.251 e. The largest absolute Gasteiger partial charge is 0.348 e. The van der Waals surface area contributed by atoms with E-state index < -0.39 is 0 Å². The number of allylic oxidation sites excluding steroid dienone is 1. The summed E-state index contributed by atoms with van der Waals surface area (Å²) in [6.07, 6.45) is 6.23. The Balaban J connectivity index is 0.00000114. The quantitative estimate of drug-likeness (QED) is 0.322. The molecule has 3 aromatic rings. The van der Waals surface area contributed by atoms with E-state index >= 15 is 0 Å². The van der Waals surface area contributed by atoms with Crippen LogP contribution in [0.1, 0.15) is 49.7 Å². The number of hydrogen-bond donors (Lipinski definition) is 1. The van der Waals surface area contributed by atoms with Gasteiger partial charge in [-0.1, -0.05) is 32.9 Å². The lowest BCUT2D eigenvalue weighted by atomic mass is 10.1. The van der Waals surface area contributed by atoms with Crippen LogP contribution in [0.25, 0.3) is 17.3 Å². The van der Waals surface area contributed by atoms with Gasteiger partial charge < -0.3 is 5.32 Å². The molecule has 2 aromatic heterocycles. The van der Waals surface area contributed by atoms with Crippen LogP contribution in [0.3, 0.4) is 0 Å². The molecular weight excluding hydrogens is 471 g/mol. The summed E-state index contributed by atoms with van der Waals surface area (Å²) in [5.41, 5.74) is 4.28. The molecule has 0 saturated carbocycles. The highest BCUT2D eigenvalue weighted by atomic mass is 79.9. The SMILES string of the molecule is C=Cc1c(/C(=C\C)C(=O)NCc2cc(C)nc(Br)c2)cnn1-c1ccc(F)cc1.CCC. The van der Waals surface area contributed by atoms with Crippen molar-refractivity contribution in [3.8, 4) is 5.69 Å². The molecule has 0 aliphatic heterocycles. The van der Waals surface area contributed by atoms with Crippen LogP contribution in [-0.4, -0.2) is 20.7 Å². The maximum atomic E-state index is 13.2. The smallest absolute Gasteiger partial charge is 0.251 e. The summed E-state index contributed by atoms with van der Waals surface area (Å²) < 4.78 is 15.6. The van der Waals surface area contributed by atoms with Gasteiger partial charge in [-0.2, -0.15) is 5.10 Å². The Morgan fingerprint density at radius 3 is 2.47 bits per heavy atom. The van der Waals surface area contributed by atoms with E-state index in [9.17, 15) is 9.18 Å². The van der Waals surface area contributed by atoms with Gasteiger partial charge >= 0.3 is 0 Å². The van der Waals surface area contributed by atoms with Gasteiger partial charge in [0.05, 0.1) is 17.6 Å². The second-order valence-corrected chi connectivity index (χ2v) is 7.88. The van der Waals surface area contributed by atoms with Crippen molar-refractivity contribution in [3.05, 3.63) is 88.2 Å². The highest BCUT2D eigenvalue weighted by Crippen LogP contribution is 2.24. The standard InChI is InChI=1S/C22H20BrFN4O.C3H8/c1-4-18(22(29)25-12-15-10-14(3)27-21(23)11-15)19-13-26-28(20(19)5-2)17-8-6-16(24)7-9-17;1-3-2/h4-11,13H,2,12H2,1,3H3,(H,25,29);3H2,1-2H3/b18-4+;. The zero-order valence-electron chi connectivity index (χ0n) is 18.8. The molecule has 1 aromatic carbocycles. The number of hydrogen-bond acceptors (Lipinski definition) is 3. The number of pyridine rings is 1. The molecule has 2 heterocycles. The minimum atomic E-state index is -0.326. The highest BCUT2D eigenvalue weighted by Gasteiger charge is 2.18. The third kappa shape index (κ3) is 6.47. The summed E-state index contributed by atoms with van der Waals surface area (Å²) in [5.74, 6) is -0.548. The number of rotatable bonds is 6. The number of carbonyl (C=O) groups is 1. The Labute approximate surface area is 197 Å². The average Bonchev–Trinajstić information content (AvgIpc) is 3.17. The molecule has 3 rings (SSSR count). The first-order chi connectivity index (χ1) is 15.3. The van der Waals surface area contributed by atoms with Crippen LogP contribution in [0.4, 0.5) is 4.39 Å². The fraction of sp³-hybridized carbons (Fsp3) is 0.240. The second kappa shape index (κ2) is 12.1. The van der Waals surface area contributed by atoms with Crippen LogP contribution >= 0.6 is 15.9 Å². The lowest BCUT2D eigenvalue weighted by Gasteiger charge is -2.10. The molecule has 0 bridgehead atoms. The van der Waals surface area contributed by atoms with Gasteiger partial charge in [0.25, 0.3) is 5.91 Å². The molecule has 32 heavy (non-hydrogen) atoms. The molecule has 0 saturated heterocycles. The normalized spacial score (nSPS) is 10.9. The molecule has 7 heteroatoms. The predicted octanol–water partition coefficient (Wildman–Crippen LogP) is 6.26. The van der Waals surface area contributed by atoms with Gasteiger partial charge in [0.1, 0.15) is 10.4 Å². The number of nitrogens with one attached hydrogen (secondary N) is 1. The number of aryl methyl sites for hydroxylation is 1. The van der Waals surface area contributed by atoms with Crippen LogP contribution in [-0.2, 0) is 11.3 Å². The van der Waals surface area contributed by atoms with Crippen LogP contribution < -0.4 is 5.32 Å². The van der Waals surface area contributed by atoms with Crippen LogP contribution in [0.5, 0.6) is 0 Å². The van der Waals surface area contributed by atoms with Crippen molar-refractivity contribution in [2.75, 3.05) is 0 Å². The third-order valence-corrected chi connectivity index (χ3v) is 4.74. The van der Waals surface area contributed by atoms with Crippen LogP contribution in [0, 0.1) is 12.7 Å². The van der Waals surface area contributed by atoms with Gasteiger partial charge in [-0.15, -0.1) is 0 Å². The summed E-state index contributed by atoms with van der Waals surface area (Å²) in [6.45, 7) is 12.2. The topological polar surface area (TPSA) is 59.8 Å². The van der Waals surface area contributed by atoms with Crippen molar-refractivity contribution < 1.29 is 9.18 Å². The molecule has 5 nitrogen and oxygen atoms in total. The molecular formula is C25H28BrFN4O. The Bertz CT molecular complexity index is 1080. The van der Waals surface area contributed by atoms with Crippen molar-refractivity contribution >= 4 is 33.5 Å². The minimum Gasteiger partial charge on any atom is -0.348 e. The zero-order valence-corrected chi connectivity index (χ0v) is 20.4. The molecule has 0 spiro atoms. The maximum absolute atomic E-state index is 13.2. The minimum absolute atomic E-state index is 0.222. The first kappa shape index (κ1) is 25.2. The molecule has 0 fully saturated rings. The summed E-state index contributed by atoms with van der Waals surface area (Å²) >= 11 is 3.37. The number of halogens is 2. The van der Waals surface area contributed by atoms with Crippen molar-refractivity contribution in [1.29, 1.82) is 0 Å². The molecule has 1 N–H and O–H groups in total. The Hall–Kier alpha value is -3.06. The van der Waals surface area contributed by atoms with E-state index in [0.29, 0.717) is 29.1 Å². The van der Waals surface area contributed by atoms with E-state index in [2.05, 4.69) is 51.8 Å². The molecule has 0 radical (unpaired) electrons. The van der Waals surface area contributed by atoms with Gasteiger partial charge in [0.2, 0.25) is 0 Å². The average molecular weight is 499 g/mol. The molecule has 1 amide bonds. The van der Waals surface area contributed by atoms with E-state index in [4.69, 9.17) is 0 Å². The Kier molecular flexibility index (Phi) is 9.53. The molecule has 0 aliphatic carbocycles. The Morgan fingerprint density at radius 2 is 1.91 bits per heavy atom. The lowest BCUT2D eigenvalue weighted by Crippen LogP contribution is -2.24. The summed E-state index contributed by atoms with van der Waals surface area (Å²) in [7, 11) is 0. The van der Waals surface area contributed by atoms with E-state index in [-0.39, 0.29) is 11.7 Å². The Morgan fingerprint density at radius 1 is 1.25 bits per heavy atom. The van der Waals surface area contributed by atoms with Gasteiger partial charge in [-0.25, -0.2) is 14.1 Å². The fourth-order valence-electron chi connectivity index (χ4n) is 3.03. The number of amides is 1. The van der Waals surface area contributed by atoms with Gasteiger partial charge in [-0.3, -0.25) is 4.79 Å². The van der Waals surface area contributed by atoms with Crippen molar-refractivity contribution in [3.63, 3.8) is 0 Å². The van der Waals surface area contributed by atoms with Gasteiger partial charge in [0.15, 0.2) is 0 Å². The predicted molar refractivity (Wildman–Crippen MR) is 132 cm³/mol.